The van der Waals surface area contributed by atoms with E-state index in [4.69, 9.17) is 10.5 Å². The molecule has 0 aromatic rings. The summed E-state index contributed by atoms with van der Waals surface area (Å²) in [6, 6.07) is 0.0966. The maximum atomic E-state index is 11.1. The van der Waals surface area contributed by atoms with Crippen molar-refractivity contribution in [3.05, 3.63) is 0 Å². The van der Waals surface area contributed by atoms with Gasteiger partial charge in [-0.15, -0.1) is 0 Å². The fourth-order valence-corrected chi connectivity index (χ4v) is 2.27. The van der Waals surface area contributed by atoms with Crippen LogP contribution in [0.15, 0.2) is 0 Å². The standard InChI is InChI=1S/C9H19NO3S/c1-2-14(11,12)7-6-13-9-5-3-4-8(9)10/h8-9H,2-7,10H2,1H3. The Labute approximate surface area is 85.7 Å². The average Bonchev–Trinajstić information content (AvgIpc) is 2.52. The summed E-state index contributed by atoms with van der Waals surface area (Å²) in [6.45, 7) is 1.94. The Morgan fingerprint density at radius 1 is 1.43 bits per heavy atom. The van der Waals surface area contributed by atoms with Gasteiger partial charge in [-0.2, -0.15) is 0 Å². The Bertz CT molecular complexity index is 263. The van der Waals surface area contributed by atoms with E-state index in [9.17, 15) is 8.42 Å². The molecule has 1 rings (SSSR count). The lowest BCUT2D eigenvalue weighted by molar-refractivity contribution is 0.0588. The van der Waals surface area contributed by atoms with Crippen molar-refractivity contribution in [2.45, 2.75) is 38.3 Å². The van der Waals surface area contributed by atoms with Crippen molar-refractivity contribution in [2.75, 3.05) is 18.1 Å². The molecule has 0 aromatic heterocycles. The van der Waals surface area contributed by atoms with Crippen LogP contribution in [-0.4, -0.2) is 38.7 Å². The summed E-state index contributed by atoms with van der Waals surface area (Å²) >= 11 is 0. The highest BCUT2D eigenvalue weighted by molar-refractivity contribution is 7.91. The zero-order valence-electron chi connectivity index (χ0n) is 8.61. The maximum Gasteiger partial charge on any atom is 0.152 e. The molecular formula is C9H19NO3S. The van der Waals surface area contributed by atoms with Gasteiger partial charge < -0.3 is 10.5 Å². The lowest BCUT2D eigenvalue weighted by Gasteiger charge is -2.15. The van der Waals surface area contributed by atoms with Gasteiger partial charge in [0.1, 0.15) is 0 Å². The number of ether oxygens (including phenoxy) is 1. The van der Waals surface area contributed by atoms with Gasteiger partial charge in [0.15, 0.2) is 9.84 Å². The van der Waals surface area contributed by atoms with E-state index < -0.39 is 9.84 Å². The van der Waals surface area contributed by atoms with Crippen molar-refractivity contribution in [3.8, 4) is 0 Å². The fraction of sp³-hybridized carbons (Fsp3) is 1.00. The third-order valence-corrected chi connectivity index (χ3v) is 4.34. The van der Waals surface area contributed by atoms with Crippen LogP contribution in [0.25, 0.3) is 0 Å². The second-order valence-corrected chi connectivity index (χ2v) is 6.21. The van der Waals surface area contributed by atoms with Gasteiger partial charge in [0, 0.05) is 11.8 Å². The van der Waals surface area contributed by atoms with Crippen LogP contribution in [-0.2, 0) is 14.6 Å². The number of hydrogen-bond donors (Lipinski definition) is 1. The van der Waals surface area contributed by atoms with Crippen LogP contribution in [0.5, 0.6) is 0 Å². The molecule has 0 amide bonds. The molecule has 84 valence electrons. The summed E-state index contributed by atoms with van der Waals surface area (Å²) in [5.74, 6) is 0.305. The molecule has 0 spiro atoms. The SMILES string of the molecule is CCS(=O)(=O)CCOC1CCCC1N. The molecular weight excluding hydrogens is 202 g/mol. The number of hydrogen-bond acceptors (Lipinski definition) is 4. The minimum Gasteiger partial charge on any atom is -0.376 e. The van der Waals surface area contributed by atoms with Gasteiger partial charge in [0.2, 0.25) is 0 Å². The molecule has 1 aliphatic rings. The normalized spacial score (nSPS) is 28.1. The Balaban J connectivity index is 2.21. The van der Waals surface area contributed by atoms with Crippen molar-refractivity contribution < 1.29 is 13.2 Å². The van der Waals surface area contributed by atoms with Gasteiger partial charge in [0.25, 0.3) is 0 Å². The van der Waals surface area contributed by atoms with Gasteiger partial charge >= 0.3 is 0 Å². The number of sulfone groups is 1. The topological polar surface area (TPSA) is 69.4 Å². The van der Waals surface area contributed by atoms with E-state index in [1.165, 1.54) is 0 Å². The molecule has 0 aromatic carbocycles. The van der Waals surface area contributed by atoms with Crippen LogP contribution < -0.4 is 5.73 Å². The highest BCUT2D eigenvalue weighted by atomic mass is 32.2. The third-order valence-electron chi connectivity index (χ3n) is 2.67. The summed E-state index contributed by atoms with van der Waals surface area (Å²) in [4.78, 5) is 0. The van der Waals surface area contributed by atoms with Gasteiger partial charge in [-0.3, -0.25) is 0 Å². The van der Waals surface area contributed by atoms with Gasteiger partial charge in [-0.05, 0) is 19.3 Å². The number of rotatable bonds is 5. The lowest BCUT2D eigenvalue weighted by Crippen LogP contribution is -2.32. The molecule has 1 fully saturated rings. The molecule has 0 heterocycles. The molecule has 5 heteroatoms. The van der Waals surface area contributed by atoms with Gasteiger partial charge in [0.05, 0.1) is 18.5 Å². The zero-order valence-corrected chi connectivity index (χ0v) is 9.42. The van der Waals surface area contributed by atoms with Crippen molar-refractivity contribution >= 4 is 9.84 Å². The molecule has 0 radical (unpaired) electrons. The summed E-state index contributed by atoms with van der Waals surface area (Å²) in [7, 11) is -2.89. The van der Waals surface area contributed by atoms with E-state index in [0.717, 1.165) is 19.3 Å². The van der Waals surface area contributed by atoms with Crippen molar-refractivity contribution in [1.82, 2.24) is 0 Å². The maximum absolute atomic E-state index is 11.1. The van der Waals surface area contributed by atoms with Gasteiger partial charge in [-0.25, -0.2) is 8.42 Å². The van der Waals surface area contributed by atoms with Crippen LogP contribution in [0, 0.1) is 0 Å². The van der Waals surface area contributed by atoms with E-state index in [0.29, 0.717) is 0 Å². The first-order valence-corrected chi connectivity index (χ1v) is 6.95. The van der Waals surface area contributed by atoms with E-state index in [1.807, 2.05) is 0 Å². The van der Waals surface area contributed by atoms with Crippen LogP contribution in [0.2, 0.25) is 0 Å². The first kappa shape index (κ1) is 11.9. The molecule has 1 saturated carbocycles. The quantitative estimate of drug-likeness (QED) is 0.725. The first-order valence-electron chi connectivity index (χ1n) is 5.13. The van der Waals surface area contributed by atoms with Crippen molar-refractivity contribution in [3.63, 3.8) is 0 Å². The first-order chi connectivity index (χ1) is 6.55. The average molecular weight is 221 g/mol. The zero-order chi connectivity index (χ0) is 10.6. The van der Waals surface area contributed by atoms with E-state index >= 15 is 0 Å². The molecule has 0 bridgehead atoms. The molecule has 1 aliphatic carbocycles. The molecule has 0 saturated heterocycles. The number of nitrogens with two attached hydrogens (primary N) is 1. The lowest BCUT2D eigenvalue weighted by atomic mass is 10.2. The Morgan fingerprint density at radius 3 is 2.64 bits per heavy atom. The van der Waals surface area contributed by atoms with Crippen LogP contribution >= 0.6 is 0 Å². The Hall–Kier alpha value is -0.130. The van der Waals surface area contributed by atoms with Gasteiger partial charge in [-0.1, -0.05) is 6.92 Å². The largest absolute Gasteiger partial charge is 0.376 e. The summed E-state index contributed by atoms with van der Waals surface area (Å²) in [6.07, 6.45) is 3.12. The molecule has 4 nitrogen and oxygen atoms in total. The van der Waals surface area contributed by atoms with Crippen molar-refractivity contribution in [1.29, 1.82) is 0 Å². The van der Waals surface area contributed by atoms with E-state index in [1.54, 1.807) is 6.92 Å². The fourth-order valence-electron chi connectivity index (χ4n) is 1.63. The van der Waals surface area contributed by atoms with E-state index in [2.05, 4.69) is 0 Å². The third kappa shape index (κ3) is 3.55. The van der Waals surface area contributed by atoms with E-state index in [-0.39, 0.29) is 30.3 Å². The molecule has 2 unspecified atom stereocenters. The highest BCUT2D eigenvalue weighted by Gasteiger charge is 2.24. The Kier molecular flexibility index (Phi) is 4.34. The predicted molar refractivity (Wildman–Crippen MR) is 55.9 cm³/mol. The highest BCUT2D eigenvalue weighted by Crippen LogP contribution is 2.20. The second-order valence-electron chi connectivity index (χ2n) is 3.74. The minimum absolute atomic E-state index is 0.0713. The molecule has 0 aliphatic heterocycles. The van der Waals surface area contributed by atoms with Crippen molar-refractivity contribution in [2.24, 2.45) is 5.73 Å². The summed E-state index contributed by atoms with van der Waals surface area (Å²) in [5, 5.41) is 0. The molecule has 14 heavy (non-hydrogen) atoms. The molecule has 2 atom stereocenters. The smallest absolute Gasteiger partial charge is 0.152 e. The van der Waals surface area contributed by atoms with Crippen LogP contribution in [0.1, 0.15) is 26.2 Å². The van der Waals surface area contributed by atoms with Crippen LogP contribution in [0.4, 0.5) is 0 Å². The Morgan fingerprint density at radius 2 is 2.14 bits per heavy atom. The minimum atomic E-state index is -2.89. The second kappa shape index (κ2) is 5.09. The van der Waals surface area contributed by atoms with Crippen LogP contribution in [0.3, 0.4) is 0 Å². The summed E-state index contributed by atoms with van der Waals surface area (Å²) < 4.78 is 27.7. The summed E-state index contributed by atoms with van der Waals surface area (Å²) in [5.41, 5.74) is 5.79. The predicted octanol–water partition coefficient (Wildman–Crippen LogP) is 0.318. The molecule has 2 N–H and O–H groups in total. The monoisotopic (exact) mass is 221 g/mol.